The maximum absolute atomic E-state index is 8.16. The van der Waals surface area contributed by atoms with Crippen LogP contribution in [-0.4, -0.2) is 44.6 Å². The lowest BCUT2D eigenvalue weighted by molar-refractivity contribution is -0.313. The lowest BCUT2D eigenvalue weighted by Crippen LogP contribution is -2.24. The monoisotopic (exact) mass is 184 g/mol. The van der Waals surface area contributed by atoms with Gasteiger partial charge in [0.1, 0.15) is 0 Å². The van der Waals surface area contributed by atoms with Gasteiger partial charge in [0.05, 0.1) is 0 Å². The zero-order valence-electron chi connectivity index (χ0n) is 7.35. The van der Waals surface area contributed by atoms with Crippen LogP contribution < -0.4 is 0 Å². The first-order chi connectivity index (χ1) is 5.12. The quantitative estimate of drug-likeness (QED) is 0.328. The van der Waals surface area contributed by atoms with Crippen molar-refractivity contribution in [2.75, 3.05) is 7.11 Å². The number of aliphatic hydroxyl groups is 5. The zero-order valence-corrected chi connectivity index (χ0v) is 7.35. The Morgan fingerprint density at radius 1 is 1.08 bits per heavy atom. The Bertz CT molecular complexity index is 85.6. The van der Waals surface area contributed by atoms with Crippen molar-refractivity contribution in [1.82, 2.24) is 0 Å². The maximum atomic E-state index is 8.16. The van der Waals surface area contributed by atoms with E-state index in [-0.39, 0.29) is 6.42 Å². The molecule has 5 N–H and O–H groups in total. The van der Waals surface area contributed by atoms with Crippen molar-refractivity contribution in [3.05, 3.63) is 0 Å². The Morgan fingerprint density at radius 2 is 1.25 bits per heavy atom. The molecule has 0 radical (unpaired) electrons. The average molecular weight is 184 g/mol. The first kappa shape index (κ1) is 14.3. The van der Waals surface area contributed by atoms with Crippen LogP contribution in [0.3, 0.4) is 0 Å². The summed E-state index contributed by atoms with van der Waals surface area (Å²) in [5.74, 6) is -4.42. The molecule has 76 valence electrons. The summed E-state index contributed by atoms with van der Waals surface area (Å²) in [6.45, 7) is 2.59. The summed E-state index contributed by atoms with van der Waals surface area (Å²) in [6.07, 6.45) is -0.0625. The molecule has 0 bridgehead atoms. The van der Waals surface area contributed by atoms with Crippen molar-refractivity contribution >= 4 is 0 Å². The first-order valence-electron chi connectivity index (χ1n) is 3.29. The summed E-state index contributed by atoms with van der Waals surface area (Å²) in [5, 5.41) is 40.1. The molecule has 0 aliphatic carbocycles. The second-order valence-corrected chi connectivity index (χ2v) is 2.27. The molecule has 0 saturated heterocycles. The van der Waals surface area contributed by atoms with Crippen LogP contribution in [0.5, 0.6) is 0 Å². The Morgan fingerprint density at radius 3 is 1.25 bits per heavy atom. The van der Waals surface area contributed by atoms with Gasteiger partial charge in [0.2, 0.25) is 0 Å². The molecular weight excluding hydrogens is 168 g/mol. The number of ether oxygens (including phenoxy) is 1. The van der Waals surface area contributed by atoms with Gasteiger partial charge in [-0.25, -0.2) is 0 Å². The van der Waals surface area contributed by atoms with E-state index in [1.807, 2.05) is 0 Å². The molecule has 6 heteroatoms. The van der Waals surface area contributed by atoms with E-state index in [0.717, 1.165) is 6.92 Å². The highest BCUT2D eigenvalue weighted by Crippen LogP contribution is 1.95. The van der Waals surface area contributed by atoms with Crippen LogP contribution in [0.4, 0.5) is 0 Å². The molecular formula is C6H16O6. The second-order valence-electron chi connectivity index (χ2n) is 2.27. The van der Waals surface area contributed by atoms with Crippen LogP contribution in [0.2, 0.25) is 0 Å². The van der Waals surface area contributed by atoms with Crippen molar-refractivity contribution in [2.24, 2.45) is 0 Å². The fourth-order valence-corrected chi connectivity index (χ4v) is 0. The fraction of sp³-hybridized carbons (Fsp3) is 1.00. The topological polar surface area (TPSA) is 110 Å². The van der Waals surface area contributed by atoms with Gasteiger partial charge in [0.25, 0.3) is 11.9 Å². The number of rotatable bonds is 2. The van der Waals surface area contributed by atoms with Crippen LogP contribution in [0.25, 0.3) is 0 Å². The molecule has 0 aliphatic heterocycles. The average Bonchev–Trinajstić information content (AvgIpc) is 1.86. The zero-order chi connectivity index (χ0) is 10.4. The lowest BCUT2D eigenvalue weighted by atomic mass is 10.4. The summed E-state index contributed by atoms with van der Waals surface area (Å²) >= 11 is 0. The molecule has 0 aromatic rings. The minimum atomic E-state index is -2.46. The first-order valence-corrected chi connectivity index (χ1v) is 3.29. The molecule has 0 heterocycles. The van der Waals surface area contributed by atoms with Gasteiger partial charge in [-0.3, -0.25) is 0 Å². The minimum Gasteiger partial charge on any atom is -0.344 e. The molecule has 0 atom stereocenters. The van der Waals surface area contributed by atoms with Crippen LogP contribution in [-0.2, 0) is 4.74 Å². The third-order valence-electron chi connectivity index (χ3n) is 0.861. The predicted molar refractivity (Wildman–Crippen MR) is 39.5 cm³/mol. The summed E-state index contributed by atoms with van der Waals surface area (Å²) in [6, 6.07) is 0. The van der Waals surface area contributed by atoms with Crippen molar-refractivity contribution in [3.8, 4) is 0 Å². The van der Waals surface area contributed by atoms with Gasteiger partial charge in [-0.1, -0.05) is 6.92 Å². The summed E-state index contributed by atoms with van der Waals surface area (Å²) < 4.78 is 4.05. The number of hydrogen-bond donors (Lipinski definition) is 5. The van der Waals surface area contributed by atoms with E-state index >= 15 is 0 Å². The smallest absolute Gasteiger partial charge is 0.274 e. The second kappa shape index (κ2) is 5.41. The Labute approximate surface area is 70.7 Å². The third-order valence-corrected chi connectivity index (χ3v) is 0.861. The van der Waals surface area contributed by atoms with E-state index in [1.54, 1.807) is 0 Å². The van der Waals surface area contributed by atoms with Crippen LogP contribution in [0.15, 0.2) is 0 Å². The maximum Gasteiger partial charge on any atom is 0.274 e. The molecule has 0 saturated carbocycles. The van der Waals surface area contributed by atoms with E-state index in [0.29, 0.717) is 0 Å². The highest BCUT2D eigenvalue weighted by atomic mass is 16.8. The third kappa shape index (κ3) is 22.6. The van der Waals surface area contributed by atoms with Gasteiger partial charge in [0, 0.05) is 20.5 Å². The molecule has 12 heavy (non-hydrogen) atoms. The number of methoxy groups -OCH3 is 1. The largest absolute Gasteiger partial charge is 0.344 e. The van der Waals surface area contributed by atoms with Crippen molar-refractivity contribution < 1.29 is 30.3 Å². The van der Waals surface area contributed by atoms with Crippen LogP contribution >= 0.6 is 0 Å². The molecule has 0 fully saturated rings. The van der Waals surface area contributed by atoms with Gasteiger partial charge >= 0.3 is 0 Å². The molecule has 0 amide bonds. The normalized spacial score (nSPS) is 12.0. The van der Waals surface area contributed by atoms with Gasteiger partial charge in [-0.05, 0) is 0 Å². The summed E-state index contributed by atoms with van der Waals surface area (Å²) in [5.41, 5.74) is 0. The van der Waals surface area contributed by atoms with Gasteiger partial charge in [-0.2, -0.15) is 0 Å². The van der Waals surface area contributed by atoms with Crippen molar-refractivity contribution in [1.29, 1.82) is 0 Å². The molecule has 0 aromatic heterocycles. The van der Waals surface area contributed by atoms with E-state index in [2.05, 4.69) is 4.74 Å². The fourth-order valence-electron chi connectivity index (χ4n) is 0. The van der Waals surface area contributed by atoms with Gasteiger partial charge in [0.15, 0.2) is 0 Å². The molecule has 0 rings (SSSR count). The summed E-state index contributed by atoms with van der Waals surface area (Å²) in [7, 11) is 1.21. The van der Waals surface area contributed by atoms with Crippen molar-refractivity contribution in [3.63, 3.8) is 0 Å². The van der Waals surface area contributed by atoms with Crippen LogP contribution in [0, 0.1) is 0 Å². The van der Waals surface area contributed by atoms with E-state index in [4.69, 9.17) is 25.5 Å². The Balaban J connectivity index is 0. The van der Waals surface area contributed by atoms with Gasteiger partial charge < -0.3 is 30.3 Å². The molecule has 0 aliphatic rings. The predicted octanol–water partition coefficient (Wildman–Crippen LogP) is -1.68. The Hall–Kier alpha value is -0.240. The molecule has 6 nitrogen and oxygen atoms in total. The molecule has 0 unspecified atom stereocenters. The molecule has 0 aromatic carbocycles. The van der Waals surface area contributed by atoms with Crippen LogP contribution in [0.1, 0.15) is 20.3 Å². The highest BCUT2D eigenvalue weighted by molar-refractivity contribution is 4.35. The van der Waals surface area contributed by atoms with Crippen molar-refractivity contribution in [2.45, 2.75) is 32.2 Å². The van der Waals surface area contributed by atoms with E-state index < -0.39 is 11.9 Å². The van der Waals surface area contributed by atoms with E-state index in [1.165, 1.54) is 14.0 Å². The van der Waals surface area contributed by atoms with E-state index in [9.17, 15) is 0 Å². The SMILES string of the molecule is CCC(O)(O)O.COC(C)(O)O. The highest BCUT2D eigenvalue weighted by Gasteiger charge is 2.11. The molecule has 0 spiro atoms. The minimum absolute atomic E-state index is 0.0625. The standard InChI is InChI=1S/2C3H8O3/c1-3(4,5)6-2;1-2-3(4,5)6/h4-5H,1-2H3;4-6H,2H2,1H3. The lowest BCUT2D eigenvalue weighted by Gasteiger charge is -2.10. The summed E-state index contributed by atoms with van der Waals surface area (Å²) in [4.78, 5) is 0. The number of hydrogen-bond acceptors (Lipinski definition) is 6. The van der Waals surface area contributed by atoms with Gasteiger partial charge in [-0.15, -0.1) is 0 Å². The Kier molecular flexibility index (Phi) is 6.45.